The second-order valence-electron chi connectivity index (χ2n) is 12.6. The highest BCUT2D eigenvalue weighted by Crippen LogP contribution is 2.33. The summed E-state index contributed by atoms with van der Waals surface area (Å²) in [6, 6.07) is 21.2. The fraction of sp³-hybridized carbons (Fsp3) is 0.400. The molecule has 0 aliphatic carbocycles. The maximum Gasteiger partial charge on any atom is 0.195 e. The minimum Gasteiger partial charge on any atom is -0.289 e. The molecule has 44 heavy (non-hydrogen) atoms. The Morgan fingerprint density at radius 1 is 0.432 bits per heavy atom. The third-order valence-corrected chi connectivity index (χ3v) is 11.4. The van der Waals surface area contributed by atoms with E-state index in [9.17, 15) is 9.59 Å². The first-order chi connectivity index (χ1) is 21.6. The van der Waals surface area contributed by atoms with Crippen LogP contribution in [0.5, 0.6) is 0 Å². The molecular weight excluding hydrogens is 577 g/mol. The first-order valence-electron chi connectivity index (χ1n) is 16.9. The molecule has 0 amide bonds. The maximum absolute atomic E-state index is 13.8. The van der Waals surface area contributed by atoms with Crippen molar-refractivity contribution in [3.63, 3.8) is 0 Å². The zero-order chi connectivity index (χ0) is 30.5. The van der Waals surface area contributed by atoms with Gasteiger partial charge in [-0.3, -0.25) is 9.59 Å². The summed E-state index contributed by atoms with van der Waals surface area (Å²) >= 11 is 3.37. The van der Waals surface area contributed by atoms with Gasteiger partial charge < -0.3 is 0 Å². The average molecular weight is 621 g/mol. The summed E-state index contributed by atoms with van der Waals surface area (Å²) in [5.41, 5.74) is 2.80. The number of hydrogen-bond donors (Lipinski definition) is 0. The lowest BCUT2D eigenvalue weighted by Crippen LogP contribution is -2.03. The van der Waals surface area contributed by atoms with Gasteiger partial charge in [0.15, 0.2) is 10.9 Å². The predicted molar refractivity (Wildman–Crippen MR) is 196 cm³/mol. The van der Waals surface area contributed by atoms with E-state index in [2.05, 4.69) is 62.4 Å². The molecule has 228 valence electrons. The van der Waals surface area contributed by atoms with E-state index >= 15 is 0 Å². The highest BCUT2D eigenvalue weighted by Gasteiger charge is 2.12. The molecule has 4 aromatic carbocycles. The molecule has 0 atom stereocenters. The molecule has 4 heteroatoms. The van der Waals surface area contributed by atoms with Crippen molar-refractivity contribution in [1.82, 2.24) is 0 Å². The molecule has 2 nitrogen and oxygen atoms in total. The lowest BCUT2D eigenvalue weighted by atomic mass is 10.0. The van der Waals surface area contributed by atoms with E-state index < -0.39 is 0 Å². The summed E-state index contributed by atoms with van der Waals surface area (Å²) in [7, 11) is 0. The summed E-state index contributed by atoms with van der Waals surface area (Å²) in [6.07, 6.45) is 17.4. The minimum atomic E-state index is 0.103. The molecular formula is C40H44O2S2. The predicted octanol–water partition coefficient (Wildman–Crippen LogP) is 12.1. The van der Waals surface area contributed by atoms with Crippen LogP contribution in [0, 0.1) is 0 Å². The molecule has 0 unspecified atom stereocenters. The molecule has 6 aromatic rings. The minimum absolute atomic E-state index is 0.103. The molecule has 0 aliphatic heterocycles. The van der Waals surface area contributed by atoms with Crippen LogP contribution in [0.3, 0.4) is 0 Å². The number of aryl methyl sites for hydroxylation is 2. The van der Waals surface area contributed by atoms with Crippen LogP contribution >= 0.6 is 22.7 Å². The largest absolute Gasteiger partial charge is 0.289 e. The number of hydrogen-bond acceptors (Lipinski definition) is 4. The first-order valence-corrected chi connectivity index (χ1v) is 18.5. The fourth-order valence-corrected chi connectivity index (χ4v) is 8.82. The average Bonchev–Trinajstić information content (AvgIpc) is 3.03. The summed E-state index contributed by atoms with van der Waals surface area (Å²) < 4.78 is 4.06. The van der Waals surface area contributed by atoms with E-state index in [1.54, 1.807) is 22.7 Å². The molecule has 0 N–H and O–H groups in total. The van der Waals surface area contributed by atoms with Gasteiger partial charge in [0.25, 0.3) is 0 Å². The van der Waals surface area contributed by atoms with Gasteiger partial charge in [-0.1, -0.05) is 90.2 Å². The van der Waals surface area contributed by atoms with Crippen LogP contribution in [-0.4, -0.2) is 0 Å². The monoisotopic (exact) mass is 620 g/mol. The maximum atomic E-state index is 13.8. The standard InChI is InChI=1S/C40H44O2S2/c1-3-5-7-9-11-13-15-27-18-20-35-32(21-27)40(42)34-24-30-26-38-33(23-29(30)25-37(34)43-35)39(41)31-19-17-28(22-36(31)44-38)16-14-12-10-8-6-4-2/h17-26H,3-16H2,1-2H3. The van der Waals surface area contributed by atoms with Crippen molar-refractivity contribution in [2.75, 3.05) is 0 Å². The normalized spacial score (nSPS) is 12.0. The summed E-state index contributed by atoms with van der Waals surface area (Å²) in [6.45, 7) is 4.51. The Balaban J connectivity index is 1.31. The second kappa shape index (κ2) is 14.3. The Morgan fingerprint density at radius 3 is 1.50 bits per heavy atom. The highest BCUT2D eigenvalue weighted by molar-refractivity contribution is 7.25. The van der Waals surface area contributed by atoms with Crippen molar-refractivity contribution in [1.29, 1.82) is 0 Å². The third-order valence-electron chi connectivity index (χ3n) is 9.18. The second-order valence-corrected chi connectivity index (χ2v) is 14.8. The van der Waals surface area contributed by atoms with Gasteiger partial charge in [-0.15, -0.1) is 22.7 Å². The first kappa shape index (κ1) is 30.9. The van der Waals surface area contributed by atoms with E-state index in [4.69, 9.17) is 0 Å². The van der Waals surface area contributed by atoms with Gasteiger partial charge >= 0.3 is 0 Å². The van der Waals surface area contributed by atoms with E-state index in [1.807, 2.05) is 12.1 Å². The lowest BCUT2D eigenvalue weighted by molar-refractivity contribution is 0.607. The van der Waals surface area contributed by atoms with E-state index in [-0.39, 0.29) is 10.9 Å². The summed E-state index contributed by atoms with van der Waals surface area (Å²) in [5.74, 6) is 0. The van der Waals surface area contributed by atoms with Gasteiger partial charge in [0.1, 0.15) is 0 Å². The molecule has 2 heterocycles. The van der Waals surface area contributed by atoms with E-state index in [0.717, 1.165) is 64.0 Å². The molecule has 0 fully saturated rings. The van der Waals surface area contributed by atoms with Crippen LogP contribution in [-0.2, 0) is 12.8 Å². The SMILES string of the molecule is CCCCCCCCc1ccc2c(=O)c3cc4cc5sc6ccc(CCCCCCCC)cc6c(=O)c5cc4cc3sc2c1. The zero-order valence-electron chi connectivity index (χ0n) is 26.3. The van der Waals surface area contributed by atoms with Crippen LogP contribution in [0.15, 0.2) is 70.3 Å². The Morgan fingerprint density at radius 2 is 0.886 bits per heavy atom. The lowest BCUT2D eigenvalue weighted by Gasteiger charge is -2.08. The third kappa shape index (κ3) is 6.77. The van der Waals surface area contributed by atoms with Crippen LogP contribution in [0.1, 0.15) is 102 Å². The van der Waals surface area contributed by atoms with Crippen LogP contribution in [0.25, 0.3) is 51.1 Å². The van der Waals surface area contributed by atoms with Crippen molar-refractivity contribution in [2.45, 2.75) is 104 Å². The van der Waals surface area contributed by atoms with E-state index in [1.165, 1.54) is 88.2 Å². The van der Waals surface area contributed by atoms with Crippen molar-refractivity contribution in [3.8, 4) is 0 Å². The van der Waals surface area contributed by atoms with Crippen molar-refractivity contribution in [3.05, 3.63) is 92.2 Å². The number of rotatable bonds is 14. The summed E-state index contributed by atoms with van der Waals surface area (Å²) in [4.78, 5) is 27.4. The summed E-state index contributed by atoms with van der Waals surface area (Å²) in [5, 5.41) is 5.23. The Labute approximate surface area is 268 Å². The van der Waals surface area contributed by atoms with Gasteiger partial charge in [0, 0.05) is 40.3 Å². The Bertz CT molecular complexity index is 2050. The molecule has 0 aliphatic rings. The smallest absolute Gasteiger partial charge is 0.195 e. The Hall–Kier alpha value is -3.08. The highest BCUT2D eigenvalue weighted by atomic mass is 32.1. The van der Waals surface area contributed by atoms with Crippen LogP contribution in [0.4, 0.5) is 0 Å². The topological polar surface area (TPSA) is 34.1 Å². The molecule has 0 saturated heterocycles. The van der Waals surface area contributed by atoms with Gasteiger partial charge in [0.05, 0.1) is 0 Å². The quantitative estimate of drug-likeness (QED) is 0.0897. The molecule has 0 radical (unpaired) electrons. The molecule has 0 saturated carbocycles. The Kier molecular flexibility index (Phi) is 10.1. The number of benzene rings is 4. The zero-order valence-corrected chi connectivity index (χ0v) is 27.9. The van der Waals surface area contributed by atoms with Gasteiger partial charge in [-0.25, -0.2) is 0 Å². The van der Waals surface area contributed by atoms with Crippen LogP contribution in [0.2, 0.25) is 0 Å². The molecule has 0 bridgehead atoms. The number of unbranched alkanes of at least 4 members (excludes halogenated alkanes) is 10. The molecule has 0 spiro atoms. The van der Waals surface area contributed by atoms with Crippen molar-refractivity contribution in [2.24, 2.45) is 0 Å². The van der Waals surface area contributed by atoms with Crippen molar-refractivity contribution < 1.29 is 0 Å². The van der Waals surface area contributed by atoms with Crippen LogP contribution < -0.4 is 10.9 Å². The number of fused-ring (bicyclic) bond motifs is 5. The van der Waals surface area contributed by atoms with Gasteiger partial charge in [-0.05, 0) is 96.1 Å². The van der Waals surface area contributed by atoms with Crippen molar-refractivity contribution >= 4 is 73.8 Å². The fourth-order valence-electron chi connectivity index (χ4n) is 6.57. The van der Waals surface area contributed by atoms with Gasteiger partial charge in [0.2, 0.25) is 0 Å². The van der Waals surface area contributed by atoms with Gasteiger partial charge in [-0.2, -0.15) is 0 Å². The van der Waals surface area contributed by atoms with E-state index in [0.29, 0.717) is 0 Å². The molecule has 2 aromatic heterocycles. The molecule has 6 rings (SSSR count).